The van der Waals surface area contributed by atoms with Crippen LogP contribution in [0.1, 0.15) is 43.7 Å². The third-order valence-corrected chi connectivity index (χ3v) is 13.2. The molecule has 13 heteroatoms. The number of anilines is 1. The largest absolute Gasteiger partial charge is 0.508 e. The lowest BCUT2D eigenvalue weighted by Crippen LogP contribution is -2.49. The molecule has 2 aliphatic carbocycles. The number of aryl methyl sites for hydroxylation is 2. The second-order valence-corrected chi connectivity index (χ2v) is 15.5. The molecule has 264 valence electrons. The number of nitrogens with zero attached hydrogens (tertiary/aromatic N) is 4. The van der Waals surface area contributed by atoms with E-state index < -0.39 is 46.8 Å². The summed E-state index contributed by atoms with van der Waals surface area (Å²) in [6.07, 6.45) is 2.52. The first-order valence-electron chi connectivity index (χ1n) is 17.0. The van der Waals surface area contributed by atoms with Crippen LogP contribution in [0.5, 0.6) is 17.2 Å². The molecule has 1 N–H and O–H groups in total. The lowest BCUT2D eigenvalue weighted by Gasteiger charge is -2.49. The number of likely N-dealkylation sites (tertiary alicyclic amines) is 1. The van der Waals surface area contributed by atoms with Crippen LogP contribution in [0.2, 0.25) is 5.02 Å². The number of thiophene rings is 1. The van der Waals surface area contributed by atoms with Gasteiger partial charge in [-0.2, -0.15) is 5.10 Å². The Kier molecular flexibility index (Phi) is 7.66. The number of fused-ring (bicyclic) bond motifs is 5. The van der Waals surface area contributed by atoms with Crippen LogP contribution in [0.15, 0.2) is 48.0 Å². The minimum absolute atomic E-state index is 0.0916. The van der Waals surface area contributed by atoms with Crippen LogP contribution in [0.4, 0.5) is 5.82 Å². The Bertz CT molecular complexity index is 2220. The average Bonchev–Trinajstić information content (AvgIpc) is 3.78. The number of amides is 4. The Labute approximate surface area is 303 Å². The number of carbonyl (C=O) groups excluding carboxylic acids is 4. The zero-order chi connectivity index (χ0) is 36.3. The third kappa shape index (κ3) is 4.51. The fraction of sp³-hybridized carbons (Fsp3) is 0.395. The fourth-order valence-corrected chi connectivity index (χ4v) is 10.7. The molecule has 4 aliphatic rings. The Morgan fingerprint density at radius 1 is 1.02 bits per heavy atom. The van der Waals surface area contributed by atoms with Crippen molar-refractivity contribution in [3.63, 3.8) is 0 Å². The third-order valence-electron chi connectivity index (χ3n) is 11.7. The van der Waals surface area contributed by atoms with Crippen molar-refractivity contribution in [3.8, 4) is 27.8 Å². The molecule has 4 aromatic rings. The SMILES string of the molecule is CCN1C(=O)[C@H]2[C@H](CC=C3[C@H]2C[C@H]2C(=O)N(c4cc(-c5sc6ccc(Cl)cc6c5C)nn4C)C(=O)[C@@]2(C)[C@H]3c2c(OC)cc(O)cc2OC)C1=O. The number of benzene rings is 2. The van der Waals surface area contributed by atoms with E-state index in [1.807, 2.05) is 31.2 Å². The molecule has 2 aromatic carbocycles. The highest BCUT2D eigenvalue weighted by Crippen LogP contribution is 2.65. The fourth-order valence-electron chi connectivity index (χ4n) is 9.34. The van der Waals surface area contributed by atoms with Gasteiger partial charge in [-0.1, -0.05) is 23.3 Å². The maximum absolute atomic E-state index is 15.1. The number of phenolic OH excluding ortho intramolecular Hbond substituents is 1. The number of allylic oxidation sites excluding steroid dienone is 2. The molecule has 0 unspecified atom stereocenters. The topological polar surface area (TPSA) is 131 Å². The molecule has 2 aromatic heterocycles. The minimum Gasteiger partial charge on any atom is -0.508 e. The normalized spacial score (nSPS) is 27.2. The van der Waals surface area contributed by atoms with Crippen molar-refractivity contribution in [1.29, 1.82) is 0 Å². The maximum Gasteiger partial charge on any atom is 0.242 e. The molecular formula is C38H37ClN4O7S. The van der Waals surface area contributed by atoms with E-state index in [1.165, 1.54) is 36.2 Å². The first kappa shape index (κ1) is 33.5. The number of carbonyl (C=O) groups is 4. The molecule has 1 saturated carbocycles. The molecule has 8 rings (SSSR count). The standard InChI is InChI=1S/C38H37ClN4O7S/c1-7-42-34(45)21-10-9-20-23(30(21)36(42)47)15-24-35(46)43(37(48)38(24,3)32(20)31-26(49-5)13-19(44)14-27(31)50-6)29-16-25(40-41(29)4)33-17(2)22-12-18(39)8-11-28(22)51-33/h8-9,11-14,16,21,23-24,30,32,44H,7,10,15H2,1-6H3/t21-,23+,24-,30-,32+,38+/m0/s1. The Balaban J connectivity index is 1.30. The van der Waals surface area contributed by atoms with E-state index in [0.29, 0.717) is 28.5 Å². The summed E-state index contributed by atoms with van der Waals surface area (Å²) in [6, 6.07) is 10.4. The molecule has 2 aliphatic heterocycles. The van der Waals surface area contributed by atoms with E-state index >= 15 is 4.79 Å². The maximum atomic E-state index is 15.1. The van der Waals surface area contributed by atoms with Crippen LogP contribution in [-0.4, -0.2) is 64.2 Å². The van der Waals surface area contributed by atoms with E-state index in [-0.39, 0.29) is 42.0 Å². The number of aromatic hydroxyl groups is 1. The smallest absolute Gasteiger partial charge is 0.242 e. The first-order valence-corrected chi connectivity index (χ1v) is 18.2. The number of hydrogen-bond donors (Lipinski definition) is 1. The van der Waals surface area contributed by atoms with E-state index in [9.17, 15) is 19.5 Å². The van der Waals surface area contributed by atoms with Crippen molar-refractivity contribution in [1.82, 2.24) is 14.7 Å². The van der Waals surface area contributed by atoms with Crippen molar-refractivity contribution >= 4 is 62.5 Å². The predicted octanol–water partition coefficient (Wildman–Crippen LogP) is 6.24. The molecule has 6 atom stereocenters. The zero-order valence-corrected chi connectivity index (χ0v) is 30.6. The van der Waals surface area contributed by atoms with Crippen molar-refractivity contribution in [2.45, 2.75) is 39.5 Å². The van der Waals surface area contributed by atoms with E-state index in [4.69, 9.17) is 26.2 Å². The van der Waals surface area contributed by atoms with Gasteiger partial charge in [0.1, 0.15) is 28.8 Å². The quantitative estimate of drug-likeness (QED) is 0.183. The van der Waals surface area contributed by atoms with Crippen LogP contribution < -0.4 is 14.4 Å². The highest BCUT2D eigenvalue weighted by atomic mass is 35.5. The van der Waals surface area contributed by atoms with Gasteiger partial charge in [-0.05, 0) is 68.7 Å². The van der Waals surface area contributed by atoms with Crippen molar-refractivity contribution in [2.75, 3.05) is 25.7 Å². The average molecular weight is 729 g/mol. The number of imide groups is 2. The molecule has 0 radical (unpaired) electrons. The summed E-state index contributed by atoms with van der Waals surface area (Å²) < 4.78 is 14.2. The molecule has 0 spiro atoms. The molecular weight excluding hydrogens is 692 g/mol. The van der Waals surface area contributed by atoms with Gasteiger partial charge in [-0.3, -0.25) is 28.8 Å². The van der Waals surface area contributed by atoms with Crippen molar-refractivity contribution in [2.24, 2.45) is 36.1 Å². The van der Waals surface area contributed by atoms with Crippen LogP contribution in [0, 0.1) is 36.0 Å². The van der Waals surface area contributed by atoms with Crippen LogP contribution in [-0.2, 0) is 26.2 Å². The van der Waals surface area contributed by atoms with E-state index in [1.54, 1.807) is 43.0 Å². The molecule has 0 bridgehead atoms. The van der Waals surface area contributed by atoms with Gasteiger partial charge >= 0.3 is 0 Å². The number of methoxy groups -OCH3 is 2. The van der Waals surface area contributed by atoms with Gasteiger partial charge in [0, 0.05) is 53.0 Å². The lowest BCUT2D eigenvalue weighted by atomic mass is 9.51. The summed E-state index contributed by atoms with van der Waals surface area (Å²) in [4.78, 5) is 60.7. The van der Waals surface area contributed by atoms with Gasteiger partial charge < -0.3 is 14.6 Å². The van der Waals surface area contributed by atoms with E-state index in [0.717, 1.165) is 26.1 Å². The molecule has 2 saturated heterocycles. The van der Waals surface area contributed by atoms with Gasteiger partial charge in [-0.25, -0.2) is 4.90 Å². The Morgan fingerprint density at radius 2 is 1.73 bits per heavy atom. The van der Waals surface area contributed by atoms with Gasteiger partial charge in [0.2, 0.25) is 23.6 Å². The number of phenols is 1. The van der Waals surface area contributed by atoms with Crippen LogP contribution >= 0.6 is 22.9 Å². The zero-order valence-electron chi connectivity index (χ0n) is 29.0. The molecule has 4 amide bonds. The summed E-state index contributed by atoms with van der Waals surface area (Å²) in [6.45, 7) is 5.84. The highest BCUT2D eigenvalue weighted by Gasteiger charge is 2.68. The molecule has 11 nitrogen and oxygen atoms in total. The molecule has 3 fully saturated rings. The van der Waals surface area contributed by atoms with Gasteiger partial charge in [0.15, 0.2) is 0 Å². The summed E-state index contributed by atoms with van der Waals surface area (Å²) in [5.74, 6) is -3.80. The van der Waals surface area contributed by atoms with E-state index in [2.05, 4.69) is 0 Å². The number of rotatable bonds is 6. The number of ether oxygens (including phenoxy) is 2. The minimum atomic E-state index is -1.35. The monoisotopic (exact) mass is 728 g/mol. The summed E-state index contributed by atoms with van der Waals surface area (Å²) in [7, 11) is 4.65. The Hall–Kier alpha value is -4.68. The van der Waals surface area contributed by atoms with Crippen molar-refractivity contribution < 1.29 is 33.8 Å². The molecule has 4 heterocycles. The summed E-state index contributed by atoms with van der Waals surface area (Å²) in [5, 5.41) is 17.0. The van der Waals surface area contributed by atoms with Crippen LogP contribution in [0.25, 0.3) is 20.7 Å². The van der Waals surface area contributed by atoms with Gasteiger partial charge in [0.25, 0.3) is 0 Å². The Morgan fingerprint density at radius 3 is 2.39 bits per heavy atom. The number of aromatic nitrogens is 2. The van der Waals surface area contributed by atoms with Gasteiger partial charge in [0.05, 0.1) is 42.3 Å². The van der Waals surface area contributed by atoms with Gasteiger partial charge in [-0.15, -0.1) is 11.3 Å². The predicted molar refractivity (Wildman–Crippen MR) is 192 cm³/mol. The van der Waals surface area contributed by atoms with Crippen molar-refractivity contribution in [3.05, 3.63) is 64.2 Å². The lowest BCUT2D eigenvalue weighted by molar-refractivity contribution is -0.140. The number of hydrogen-bond acceptors (Lipinski definition) is 9. The number of halogens is 1. The summed E-state index contributed by atoms with van der Waals surface area (Å²) >= 11 is 7.87. The highest BCUT2D eigenvalue weighted by molar-refractivity contribution is 7.22. The second kappa shape index (κ2) is 11.7. The second-order valence-electron chi connectivity index (χ2n) is 14.1. The molecule has 51 heavy (non-hydrogen) atoms. The van der Waals surface area contributed by atoms with Crippen LogP contribution in [0.3, 0.4) is 0 Å². The first-order chi connectivity index (χ1) is 24.3. The summed E-state index contributed by atoms with van der Waals surface area (Å²) in [5.41, 5.74) is 1.56.